The highest BCUT2D eigenvalue weighted by molar-refractivity contribution is 7.13. The highest BCUT2D eigenvalue weighted by atomic mass is 32.1. The number of carbonyl (C=O) groups is 1. The van der Waals surface area contributed by atoms with Gasteiger partial charge in [-0.2, -0.15) is 5.26 Å². The van der Waals surface area contributed by atoms with Gasteiger partial charge in [-0.15, -0.1) is 10.2 Å². The zero-order valence-corrected chi connectivity index (χ0v) is 15.3. The largest absolute Gasteiger partial charge is 0.355 e. The van der Waals surface area contributed by atoms with Gasteiger partial charge >= 0.3 is 0 Å². The number of carbonyl (C=O) groups excluding carboxylic acids is 1. The molecule has 0 atom stereocenters. The van der Waals surface area contributed by atoms with Crippen molar-refractivity contribution in [3.63, 3.8) is 0 Å². The highest BCUT2D eigenvalue weighted by Crippen LogP contribution is 2.29. The van der Waals surface area contributed by atoms with Crippen LogP contribution in [0.1, 0.15) is 42.5 Å². The Morgan fingerprint density at radius 3 is 2.85 bits per heavy atom. The minimum absolute atomic E-state index is 0.000284. The molecular formula is C18H20N6OS. The van der Waals surface area contributed by atoms with Gasteiger partial charge in [0.05, 0.1) is 5.56 Å². The van der Waals surface area contributed by atoms with Gasteiger partial charge in [-0.3, -0.25) is 4.79 Å². The van der Waals surface area contributed by atoms with Gasteiger partial charge in [0.25, 0.3) is 0 Å². The molecule has 1 aliphatic carbocycles. The molecule has 4 rings (SSSR count). The molecule has 7 nitrogen and oxygen atoms in total. The fourth-order valence-electron chi connectivity index (χ4n) is 3.73. The Hall–Kier alpha value is -2.53. The number of aromatic nitrogens is 3. The molecule has 134 valence electrons. The van der Waals surface area contributed by atoms with Gasteiger partial charge in [-0.1, -0.05) is 11.3 Å². The van der Waals surface area contributed by atoms with E-state index >= 15 is 0 Å². The Labute approximate surface area is 156 Å². The Balaban J connectivity index is 1.44. The number of nitrogens with zero attached hydrogens (tertiary/aromatic N) is 5. The SMILES string of the molecule is N#Cc1cc2c(nc1N1CCC(C(=O)Nc3nncs3)CC1)CCCC2. The first-order chi connectivity index (χ1) is 12.7. The highest BCUT2D eigenvalue weighted by Gasteiger charge is 2.28. The number of hydrogen-bond donors (Lipinski definition) is 1. The maximum absolute atomic E-state index is 12.4. The van der Waals surface area contributed by atoms with Crippen molar-refractivity contribution in [3.05, 3.63) is 28.4 Å². The van der Waals surface area contributed by atoms with E-state index in [0.717, 1.165) is 50.3 Å². The monoisotopic (exact) mass is 368 g/mol. The number of piperidine rings is 1. The molecule has 0 spiro atoms. The number of nitriles is 1. The molecule has 1 fully saturated rings. The first kappa shape index (κ1) is 16.9. The van der Waals surface area contributed by atoms with Crippen LogP contribution in [0, 0.1) is 17.2 Å². The van der Waals surface area contributed by atoms with E-state index in [1.54, 1.807) is 5.51 Å². The molecule has 8 heteroatoms. The third-order valence-electron chi connectivity index (χ3n) is 5.16. The molecule has 3 heterocycles. The van der Waals surface area contributed by atoms with Crippen molar-refractivity contribution in [2.24, 2.45) is 5.92 Å². The second kappa shape index (κ2) is 7.38. The summed E-state index contributed by atoms with van der Waals surface area (Å²) < 4.78 is 0. The molecule has 1 N–H and O–H groups in total. The molecule has 1 aliphatic heterocycles. The number of anilines is 2. The summed E-state index contributed by atoms with van der Waals surface area (Å²) in [5.41, 5.74) is 4.62. The predicted molar refractivity (Wildman–Crippen MR) is 99.1 cm³/mol. The van der Waals surface area contributed by atoms with Crippen LogP contribution >= 0.6 is 11.3 Å². The normalized spacial score (nSPS) is 17.4. The van der Waals surface area contributed by atoms with Gasteiger partial charge in [0.15, 0.2) is 0 Å². The van der Waals surface area contributed by atoms with Crippen LogP contribution in [-0.2, 0) is 17.6 Å². The number of pyridine rings is 1. The summed E-state index contributed by atoms with van der Waals surface area (Å²) in [6.07, 6.45) is 5.84. The average Bonchev–Trinajstić information content (AvgIpc) is 3.20. The average molecular weight is 368 g/mol. The van der Waals surface area contributed by atoms with Crippen LogP contribution < -0.4 is 10.2 Å². The zero-order valence-electron chi connectivity index (χ0n) is 14.4. The van der Waals surface area contributed by atoms with Gasteiger partial charge in [0, 0.05) is 24.7 Å². The maximum atomic E-state index is 12.4. The van der Waals surface area contributed by atoms with Gasteiger partial charge in [-0.05, 0) is 50.2 Å². The number of fused-ring (bicyclic) bond motifs is 1. The quantitative estimate of drug-likeness (QED) is 0.894. The second-order valence-electron chi connectivity index (χ2n) is 6.78. The van der Waals surface area contributed by atoms with Crippen LogP contribution in [-0.4, -0.2) is 34.2 Å². The first-order valence-electron chi connectivity index (χ1n) is 8.99. The van der Waals surface area contributed by atoms with Crippen LogP contribution in [0.15, 0.2) is 11.6 Å². The number of amides is 1. The van der Waals surface area contributed by atoms with Gasteiger partial charge in [0.1, 0.15) is 17.4 Å². The van der Waals surface area contributed by atoms with Gasteiger partial charge in [-0.25, -0.2) is 4.98 Å². The Morgan fingerprint density at radius 1 is 1.31 bits per heavy atom. The molecule has 0 unspecified atom stereocenters. The lowest BCUT2D eigenvalue weighted by molar-refractivity contribution is -0.120. The lowest BCUT2D eigenvalue weighted by atomic mass is 9.93. The summed E-state index contributed by atoms with van der Waals surface area (Å²) in [5.74, 6) is 0.745. The van der Waals surface area contributed by atoms with Crippen LogP contribution in [0.3, 0.4) is 0 Å². The number of hydrogen-bond acceptors (Lipinski definition) is 7. The van der Waals surface area contributed by atoms with Crippen molar-refractivity contribution in [2.45, 2.75) is 38.5 Å². The zero-order chi connectivity index (χ0) is 17.9. The molecule has 26 heavy (non-hydrogen) atoms. The Kier molecular flexibility index (Phi) is 4.80. The molecule has 0 bridgehead atoms. The number of nitrogens with one attached hydrogen (secondary N) is 1. The summed E-state index contributed by atoms with van der Waals surface area (Å²) in [5, 5.41) is 20.5. The fourth-order valence-corrected chi connectivity index (χ4v) is 4.18. The molecule has 0 aromatic carbocycles. The van der Waals surface area contributed by atoms with E-state index in [2.05, 4.69) is 26.5 Å². The lowest BCUT2D eigenvalue weighted by Crippen LogP contribution is -2.39. The summed E-state index contributed by atoms with van der Waals surface area (Å²) in [6.45, 7) is 1.46. The van der Waals surface area contributed by atoms with Crippen molar-refractivity contribution < 1.29 is 4.79 Å². The van der Waals surface area contributed by atoms with Crippen LogP contribution in [0.25, 0.3) is 0 Å². The summed E-state index contributed by atoms with van der Waals surface area (Å²) in [7, 11) is 0. The van der Waals surface area contributed by atoms with Crippen LogP contribution in [0.4, 0.5) is 10.9 Å². The second-order valence-corrected chi connectivity index (χ2v) is 7.61. The van der Waals surface area contributed by atoms with E-state index in [0.29, 0.717) is 10.7 Å². The molecule has 0 saturated carbocycles. The predicted octanol–water partition coefficient (Wildman–Crippen LogP) is 2.54. The van der Waals surface area contributed by atoms with Crippen molar-refractivity contribution in [1.82, 2.24) is 15.2 Å². The smallest absolute Gasteiger partial charge is 0.229 e. The number of aryl methyl sites for hydroxylation is 2. The Bertz CT molecular complexity index is 836. The van der Waals surface area contributed by atoms with Crippen molar-refractivity contribution >= 4 is 28.2 Å². The molecule has 2 aliphatic rings. The van der Waals surface area contributed by atoms with Crippen molar-refractivity contribution in [3.8, 4) is 6.07 Å². The van der Waals surface area contributed by atoms with E-state index < -0.39 is 0 Å². The molecule has 2 aromatic rings. The van der Waals surface area contributed by atoms with E-state index in [9.17, 15) is 10.1 Å². The summed E-state index contributed by atoms with van der Waals surface area (Å²) >= 11 is 1.32. The van der Waals surface area contributed by atoms with Crippen LogP contribution in [0.5, 0.6) is 0 Å². The van der Waals surface area contributed by atoms with E-state index in [4.69, 9.17) is 4.98 Å². The van der Waals surface area contributed by atoms with Gasteiger partial charge in [0.2, 0.25) is 11.0 Å². The fraction of sp³-hybridized carbons (Fsp3) is 0.500. The molecular weight excluding hydrogens is 348 g/mol. The minimum Gasteiger partial charge on any atom is -0.355 e. The summed E-state index contributed by atoms with van der Waals surface area (Å²) in [4.78, 5) is 19.3. The molecule has 0 radical (unpaired) electrons. The molecule has 1 saturated heterocycles. The van der Waals surface area contributed by atoms with E-state index in [1.165, 1.54) is 29.7 Å². The topological polar surface area (TPSA) is 94.8 Å². The standard InChI is InChI=1S/C18H20N6OS/c19-10-14-9-13-3-1-2-4-15(13)21-16(14)24-7-5-12(6-8-24)17(25)22-18-23-20-11-26-18/h9,11-12H,1-8H2,(H,22,23,25). The van der Waals surface area contributed by atoms with E-state index in [-0.39, 0.29) is 11.8 Å². The lowest BCUT2D eigenvalue weighted by Gasteiger charge is -2.33. The maximum Gasteiger partial charge on any atom is 0.229 e. The third-order valence-corrected chi connectivity index (χ3v) is 5.76. The molecule has 2 aromatic heterocycles. The van der Waals surface area contributed by atoms with Crippen LogP contribution in [0.2, 0.25) is 0 Å². The Morgan fingerprint density at radius 2 is 2.12 bits per heavy atom. The first-order valence-corrected chi connectivity index (χ1v) is 9.87. The number of rotatable bonds is 3. The van der Waals surface area contributed by atoms with Crippen molar-refractivity contribution in [2.75, 3.05) is 23.3 Å². The van der Waals surface area contributed by atoms with Crippen molar-refractivity contribution in [1.29, 1.82) is 5.26 Å². The third kappa shape index (κ3) is 3.40. The van der Waals surface area contributed by atoms with E-state index in [1.807, 2.05) is 6.07 Å². The molecule has 1 amide bonds. The summed E-state index contributed by atoms with van der Waals surface area (Å²) in [6, 6.07) is 4.33. The van der Waals surface area contributed by atoms with Gasteiger partial charge < -0.3 is 10.2 Å². The minimum atomic E-state index is -0.0432.